The van der Waals surface area contributed by atoms with Crippen LogP contribution in [-0.2, 0) is 4.79 Å². The third-order valence-electron chi connectivity index (χ3n) is 2.74. The van der Waals surface area contributed by atoms with Crippen molar-refractivity contribution < 1.29 is 4.79 Å². The third kappa shape index (κ3) is 7.65. The molecule has 2 unspecified atom stereocenters. The SMILES string of the molecule is CCCC(C)NC(=O)CNCC(C)N(C)C. The lowest BCUT2D eigenvalue weighted by Crippen LogP contribution is -2.42. The minimum Gasteiger partial charge on any atom is -0.353 e. The van der Waals surface area contributed by atoms with Crippen molar-refractivity contribution in [1.29, 1.82) is 0 Å². The van der Waals surface area contributed by atoms with Gasteiger partial charge in [-0.3, -0.25) is 4.79 Å². The van der Waals surface area contributed by atoms with E-state index in [4.69, 9.17) is 0 Å². The van der Waals surface area contributed by atoms with Crippen LogP contribution in [0.2, 0.25) is 0 Å². The second kappa shape index (κ2) is 8.53. The predicted molar refractivity (Wildman–Crippen MR) is 68.5 cm³/mol. The van der Waals surface area contributed by atoms with Crippen molar-refractivity contribution in [2.45, 2.75) is 45.7 Å². The third-order valence-corrected chi connectivity index (χ3v) is 2.74. The zero-order chi connectivity index (χ0) is 12.6. The van der Waals surface area contributed by atoms with Gasteiger partial charge in [0.2, 0.25) is 5.91 Å². The summed E-state index contributed by atoms with van der Waals surface area (Å²) in [6, 6.07) is 0.728. The first kappa shape index (κ1) is 15.4. The Balaban J connectivity index is 3.58. The van der Waals surface area contributed by atoms with Crippen LogP contribution in [0, 0.1) is 0 Å². The smallest absolute Gasteiger partial charge is 0.234 e. The van der Waals surface area contributed by atoms with E-state index in [1.807, 2.05) is 21.0 Å². The molecule has 0 aromatic carbocycles. The maximum Gasteiger partial charge on any atom is 0.234 e. The Hall–Kier alpha value is -0.610. The van der Waals surface area contributed by atoms with Crippen molar-refractivity contribution in [3.8, 4) is 0 Å². The van der Waals surface area contributed by atoms with E-state index >= 15 is 0 Å². The van der Waals surface area contributed by atoms with Crippen LogP contribution in [0.3, 0.4) is 0 Å². The molecule has 2 N–H and O–H groups in total. The Morgan fingerprint density at radius 1 is 1.31 bits per heavy atom. The maximum atomic E-state index is 11.5. The lowest BCUT2D eigenvalue weighted by molar-refractivity contribution is -0.120. The first-order valence-electron chi connectivity index (χ1n) is 6.13. The van der Waals surface area contributed by atoms with E-state index in [9.17, 15) is 4.79 Å². The minimum atomic E-state index is 0.0897. The Labute approximate surface area is 99.8 Å². The summed E-state index contributed by atoms with van der Waals surface area (Å²) in [6.45, 7) is 7.54. The summed E-state index contributed by atoms with van der Waals surface area (Å²) in [6.07, 6.45) is 2.15. The van der Waals surface area contributed by atoms with Crippen LogP contribution < -0.4 is 10.6 Å². The van der Waals surface area contributed by atoms with Crippen LogP contribution in [0.5, 0.6) is 0 Å². The predicted octanol–water partition coefficient (Wildman–Crippen LogP) is 0.831. The molecule has 0 saturated carbocycles. The van der Waals surface area contributed by atoms with Gasteiger partial charge in [-0.15, -0.1) is 0 Å². The highest BCUT2D eigenvalue weighted by Crippen LogP contribution is 1.94. The topological polar surface area (TPSA) is 44.4 Å². The van der Waals surface area contributed by atoms with Crippen molar-refractivity contribution in [3.63, 3.8) is 0 Å². The summed E-state index contributed by atoms with van der Waals surface area (Å²) in [7, 11) is 4.07. The molecule has 96 valence electrons. The quantitative estimate of drug-likeness (QED) is 0.648. The second-order valence-electron chi connectivity index (χ2n) is 4.70. The van der Waals surface area contributed by atoms with Gasteiger partial charge in [-0.05, 0) is 34.4 Å². The number of carbonyl (C=O) groups excluding carboxylic acids is 1. The minimum absolute atomic E-state index is 0.0897. The molecule has 0 rings (SSSR count). The fourth-order valence-corrected chi connectivity index (χ4v) is 1.41. The van der Waals surface area contributed by atoms with Gasteiger partial charge in [-0.25, -0.2) is 0 Å². The fourth-order valence-electron chi connectivity index (χ4n) is 1.41. The van der Waals surface area contributed by atoms with Gasteiger partial charge >= 0.3 is 0 Å². The number of amides is 1. The van der Waals surface area contributed by atoms with E-state index in [2.05, 4.69) is 29.4 Å². The standard InChI is InChI=1S/C12H27N3O/c1-6-7-10(2)14-12(16)9-13-8-11(3)15(4)5/h10-11,13H,6-9H2,1-5H3,(H,14,16). The molecular formula is C12H27N3O. The highest BCUT2D eigenvalue weighted by atomic mass is 16.1. The number of hydrogen-bond donors (Lipinski definition) is 2. The molecule has 0 aliphatic rings. The molecule has 0 aromatic rings. The van der Waals surface area contributed by atoms with Gasteiger partial charge in [0.05, 0.1) is 6.54 Å². The highest BCUT2D eigenvalue weighted by molar-refractivity contribution is 5.78. The number of hydrogen-bond acceptors (Lipinski definition) is 3. The van der Waals surface area contributed by atoms with Crippen LogP contribution in [0.4, 0.5) is 0 Å². The van der Waals surface area contributed by atoms with Gasteiger partial charge in [0, 0.05) is 18.6 Å². The average molecular weight is 229 g/mol. The van der Waals surface area contributed by atoms with Gasteiger partial charge in [0.15, 0.2) is 0 Å². The summed E-state index contributed by atoms with van der Waals surface area (Å²) in [5.41, 5.74) is 0. The highest BCUT2D eigenvalue weighted by Gasteiger charge is 2.07. The second-order valence-corrected chi connectivity index (χ2v) is 4.70. The van der Waals surface area contributed by atoms with E-state index in [-0.39, 0.29) is 11.9 Å². The molecule has 1 amide bonds. The zero-order valence-corrected chi connectivity index (χ0v) is 11.3. The van der Waals surface area contributed by atoms with Crippen LogP contribution in [-0.4, -0.2) is 50.1 Å². The van der Waals surface area contributed by atoms with E-state index in [0.717, 1.165) is 19.4 Å². The summed E-state index contributed by atoms with van der Waals surface area (Å²) in [5.74, 6) is 0.0897. The molecule has 0 aliphatic heterocycles. The van der Waals surface area contributed by atoms with E-state index in [1.54, 1.807) is 0 Å². The zero-order valence-electron chi connectivity index (χ0n) is 11.3. The molecule has 0 saturated heterocycles. The summed E-state index contributed by atoms with van der Waals surface area (Å²) >= 11 is 0. The van der Waals surface area contributed by atoms with E-state index < -0.39 is 0 Å². The summed E-state index contributed by atoms with van der Waals surface area (Å²) < 4.78 is 0. The van der Waals surface area contributed by atoms with E-state index in [0.29, 0.717) is 12.6 Å². The molecule has 4 nitrogen and oxygen atoms in total. The molecule has 0 heterocycles. The molecule has 16 heavy (non-hydrogen) atoms. The van der Waals surface area contributed by atoms with Crippen molar-refractivity contribution >= 4 is 5.91 Å². The number of likely N-dealkylation sites (N-methyl/N-ethyl adjacent to an activating group) is 1. The van der Waals surface area contributed by atoms with Crippen molar-refractivity contribution in [3.05, 3.63) is 0 Å². The monoisotopic (exact) mass is 229 g/mol. The van der Waals surface area contributed by atoms with Crippen molar-refractivity contribution in [2.24, 2.45) is 0 Å². The molecule has 4 heteroatoms. The molecule has 0 spiro atoms. The van der Waals surface area contributed by atoms with Gasteiger partial charge < -0.3 is 15.5 Å². The molecule has 0 aromatic heterocycles. The molecule has 0 radical (unpaired) electrons. The number of rotatable bonds is 8. The summed E-state index contributed by atoms with van der Waals surface area (Å²) in [5, 5.41) is 6.13. The first-order chi connectivity index (χ1) is 7.47. The van der Waals surface area contributed by atoms with Crippen molar-refractivity contribution in [2.75, 3.05) is 27.2 Å². The first-order valence-corrected chi connectivity index (χ1v) is 6.13. The normalized spacial score (nSPS) is 14.9. The van der Waals surface area contributed by atoms with Crippen LogP contribution >= 0.6 is 0 Å². The Kier molecular flexibility index (Phi) is 8.21. The summed E-state index contributed by atoms with van der Waals surface area (Å²) in [4.78, 5) is 13.6. The lowest BCUT2D eigenvalue weighted by Gasteiger charge is -2.20. The number of nitrogens with zero attached hydrogens (tertiary/aromatic N) is 1. The molecule has 0 bridgehead atoms. The number of nitrogens with one attached hydrogen (secondary N) is 2. The Morgan fingerprint density at radius 2 is 1.94 bits per heavy atom. The molecular weight excluding hydrogens is 202 g/mol. The molecule has 0 aliphatic carbocycles. The van der Waals surface area contributed by atoms with Crippen LogP contribution in [0.25, 0.3) is 0 Å². The van der Waals surface area contributed by atoms with Crippen molar-refractivity contribution in [1.82, 2.24) is 15.5 Å². The average Bonchev–Trinajstić information content (AvgIpc) is 2.17. The van der Waals surface area contributed by atoms with E-state index in [1.165, 1.54) is 0 Å². The van der Waals surface area contributed by atoms with Gasteiger partial charge in [0.1, 0.15) is 0 Å². The Bertz CT molecular complexity index is 195. The van der Waals surface area contributed by atoms with Gasteiger partial charge in [-0.2, -0.15) is 0 Å². The molecule has 0 fully saturated rings. The Morgan fingerprint density at radius 3 is 2.44 bits per heavy atom. The number of carbonyl (C=O) groups is 1. The largest absolute Gasteiger partial charge is 0.353 e. The lowest BCUT2D eigenvalue weighted by atomic mass is 10.2. The van der Waals surface area contributed by atoms with Crippen LogP contribution in [0.1, 0.15) is 33.6 Å². The fraction of sp³-hybridized carbons (Fsp3) is 0.917. The van der Waals surface area contributed by atoms with Gasteiger partial charge in [0.25, 0.3) is 0 Å². The molecule has 2 atom stereocenters. The maximum absolute atomic E-state index is 11.5. The van der Waals surface area contributed by atoms with Crippen LogP contribution in [0.15, 0.2) is 0 Å². The van der Waals surface area contributed by atoms with Gasteiger partial charge in [-0.1, -0.05) is 13.3 Å².